The first-order valence-electron chi connectivity index (χ1n) is 5.19. The number of hydrogen-bond donors (Lipinski definition) is 2. The molecule has 2 rings (SSSR count). The number of aromatic nitrogens is 3. The lowest BCUT2D eigenvalue weighted by atomic mass is 10.2. The minimum atomic E-state index is -0.0809. The molecular weight excluding hydrogens is 204 g/mol. The quantitative estimate of drug-likeness (QED) is 0.808. The van der Waals surface area contributed by atoms with Crippen molar-refractivity contribution in [1.29, 1.82) is 0 Å². The monoisotopic (exact) mass is 218 g/mol. The predicted octanol–water partition coefficient (Wildman–Crippen LogP) is 1.86. The summed E-state index contributed by atoms with van der Waals surface area (Å²) in [7, 11) is 0. The van der Waals surface area contributed by atoms with Gasteiger partial charge in [-0.15, -0.1) is 0 Å². The maximum absolute atomic E-state index is 11.5. The Morgan fingerprint density at radius 2 is 2.25 bits per heavy atom. The first kappa shape index (κ1) is 10.6. The third kappa shape index (κ3) is 1.88. The van der Waals surface area contributed by atoms with Crippen LogP contribution in [0.4, 0.5) is 5.95 Å². The maximum atomic E-state index is 11.5. The highest BCUT2D eigenvalue weighted by molar-refractivity contribution is 5.91. The van der Waals surface area contributed by atoms with Crippen molar-refractivity contribution in [3.8, 4) is 0 Å². The summed E-state index contributed by atoms with van der Waals surface area (Å²) in [4.78, 5) is 22.8. The third-order valence-electron chi connectivity index (χ3n) is 2.40. The van der Waals surface area contributed by atoms with E-state index in [0.717, 1.165) is 16.6 Å². The first-order chi connectivity index (χ1) is 7.58. The van der Waals surface area contributed by atoms with Gasteiger partial charge in [0.05, 0.1) is 0 Å². The number of aromatic amines is 1. The second kappa shape index (κ2) is 3.92. The molecule has 0 spiro atoms. The number of hydrogen-bond acceptors (Lipinski definition) is 3. The fourth-order valence-electron chi connectivity index (χ4n) is 1.35. The Kier molecular flexibility index (Phi) is 2.60. The summed E-state index contributed by atoms with van der Waals surface area (Å²) in [5.74, 6) is 0.181. The van der Waals surface area contributed by atoms with Gasteiger partial charge < -0.3 is 4.98 Å². The summed E-state index contributed by atoms with van der Waals surface area (Å²) in [5.41, 5.74) is 1.84. The highest BCUT2D eigenvalue weighted by Crippen LogP contribution is 2.15. The van der Waals surface area contributed by atoms with Crippen molar-refractivity contribution in [2.45, 2.75) is 20.8 Å². The Morgan fingerprint density at radius 1 is 1.50 bits per heavy atom. The smallest absolute Gasteiger partial charge is 0.231 e. The summed E-state index contributed by atoms with van der Waals surface area (Å²) in [6.45, 7) is 5.63. The second-order valence-electron chi connectivity index (χ2n) is 4.07. The molecule has 2 N–H and O–H groups in total. The summed E-state index contributed by atoms with van der Waals surface area (Å²) in [5, 5.41) is 3.64. The molecule has 1 amide bonds. The number of fused-ring (bicyclic) bond motifs is 1. The molecule has 0 saturated heterocycles. The van der Waals surface area contributed by atoms with Crippen LogP contribution in [0.2, 0.25) is 0 Å². The first-order valence-corrected chi connectivity index (χ1v) is 5.19. The van der Waals surface area contributed by atoms with Gasteiger partial charge >= 0.3 is 0 Å². The molecule has 5 nitrogen and oxygen atoms in total. The Labute approximate surface area is 93.3 Å². The fourth-order valence-corrected chi connectivity index (χ4v) is 1.35. The van der Waals surface area contributed by atoms with Crippen LogP contribution in [0, 0.1) is 12.8 Å². The molecule has 16 heavy (non-hydrogen) atoms. The fraction of sp³-hybridized carbons (Fsp3) is 0.364. The van der Waals surface area contributed by atoms with E-state index >= 15 is 0 Å². The van der Waals surface area contributed by atoms with Crippen LogP contribution < -0.4 is 5.32 Å². The Hall–Kier alpha value is -1.91. The summed E-state index contributed by atoms with van der Waals surface area (Å²) >= 11 is 0. The molecule has 0 bridgehead atoms. The van der Waals surface area contributed by atoms with E-state index in [-0.39, 0.29) is 11.8 Å². The molecule has 0 aliphatic rings. The molecule has 0 saturated carbocycles. The zero-order valence-corrected chi connectivity index (χ0v) is 9.53. The molecule has 84 valence electrons. The van der Waals surface area contributed by atoms with Gasteiger partial charge in [0, 0.05) is 23.7 Å². The van der Waals surface area contributed by atoms with Crippen molar-refractivity contribution in [1.82, 2.24) is 15.0 Å². The van der Waals surface area contributed by atoms with E-state index in [4.69, 9.17) is 0 Å². The highest BCUT2D eigenvalue weighted by atomic mass is 16.1. The lowest BCUT2D eigenvalue weighted by Gasteiger charge is -2.05. The Bertz CT molecular complexity index is 530. The number of H-pyrrole nitrogens is 1. The van der Waals surface area contributed by atoms with Crippen LogP contribution in [0.15, 0.2) is 12.4 Å². The van der Waals surface area contributed by atoms with Crippen LogP contribution in [-0.2, 0) is 4.79 Å². The lowest BCUT2D eigenvalue weighted by molar-refractivity contribution is -0.118. The highest BCUT2D eigenvalue weighted by Gasteiger charge is 2.10. The van der Waals surface area contributed by atoms with E-state index in [2.05, 4.69) is 20.3 Å². The van der Waals surface area contributed by atoms with Crippen molar-refractivity contribution in [3.05, 3.63) is 18.0 Å². The van der Waals surface area contributed by atoms with Crippen molar-refractivity contribution >= 4 is 22.9 Å². The van der Waals surface area contributed by atoms with Crippen LogP contribution >= 0.6 is 0 Å². The maximum Gasteiger partial charge on any atom is 0.231 e. The minimum absolute atomic E-state index is 0.0790. The van der Waals surface area contributed by atoms with Gasteiger partial charge in [-0.25, -0.2) is 4.98 Å². The summed E-state index contributed by atoms with van der Waals surface area (Å²) < 4.78 is 0. The SMILES string of the molecule is Cc1c[nH]c2nc(NC(=O)C(C)C)ncc12. The van der Waals surface area contributed by atoms with Gasteiger partial charge in [0.15, 0.2) is 0 Å². The van der Waals surface area contributed by atoms with Gasteiger partial charge in [0.1, 0.15) is 5.65 Å². The second-order valence-corrected chi connectivity index (χ2v) is 4.07. The number of carbonyl (C=O) groups excluding carboxylic acids is 1. The van der Waals surface area contributed by atoms with Gasteiger partial charge in [0.25, 0.3) is 0 Å². The van der Waals surface area contributed by atoms with Crippen LogP contribution in [0.1, 0.15) is 19.4 Å². The molecular formula is C11H14N4O. The third-order valence-corrected chi connectivity index (χ3v) is 2.40. The Morgan fingerprint density at radius 3 is 2.94 bits per heavy atom. The predicted molar refractivity (Wildman–Crippen MR) is 62.1 cm³/mol. The molecule has 0 fully saturated rings. The molecule has 5 heteroatoms. The van der Waals surface area contributed by atoms with E-state index in [1.807, 2.05) is 27.0 Å². The number of nitrogens with zero attached hydrogens (tertiary/aromatic N) is 2. The average molecular weight is 218 g/mol. The molecule has 2 aromatic heterocycles. The number of aryl methyl sites for hydroxylation is 1. The molecule has 2 heterocycles. The van der Waals surface area contributed by atoms with E-state index in [0.29, 0.717) is 5.95 Å². The number of carbonyl (C=O) groups is 1. The van der Waals surface area contributed by atoms with Gasteiger partial charge in [-0.05, 0) is 12.5 Å². The number of rotatable bonds is 2. The summed E-state index contributed by atoms with van der Waals surface area (Å²) in [6.07, 6.45) is 3.58. The van der Waals surface area contributed by atoms with Gasteiger partial charge in [-0.3, -0.25) is 10.1 Å². The van der Waals surface area contributed by atoms with E-state index in [1.54, 1.807) is 6.20 Å². The lowest BCUT2D eigenvalue weighted by Crippen LogP contribution is -2.19. The van der Waals surface area contributed by atoms with Gasteiger partial charge in [0.2, 0.25) is 11.9 Å². The topological polar surface area (TPSA) is 70.7 Å². The number of amides is 1. The largest absolute Gasteiger partial charge is 0.346 e. The van der Waals surface area contributed by atoms with Crippen molar-refractivity contribution in [2.75, 3.05) is 5.32 Å². The molecule has 0 aromatic carbocycles. The van der Waals surface area contributed by atoms with Crippen LogP contribution in [0.5, 0.6) is 0 Å². The standard InChI is InChI=1S/C11H14N4O/c1-6(2)10(16)15-11-13-5-8-7(3)4-12-9(8)14-11/h4-6H,1-3H3,(H2,12,13,14,15,16). The van der Waals surface area contributed by atoms with Gasteiger partial charge in [-0.1, -0.05) is 13.8 Å². The van der Waals surface area contributed by atoms with Crippen molar-refractivity contribution in [2.24, 2.45) is 5.92 Å². The zero-order valence-electron chi connectivity index (χ0n) is 9.53. The normalized spacial score (nSPS) is 11.0. The van der Waals surface area contributed by atoms with E-state index in [1.165, 1.54) is 0 Å². The Balaban J connectivity index is 2.30. The average Bonchev–Trinajstić information content (AvgIpc) is 2.60. The molecule has 0 aliphatic carbocycles. The van der Waals surface area contributed by atoms with Crippen LogP contribution in [0.3, 0.4) is 0 Å². The number of anilines is 1. The van der Waals surface area contributed by atoms with Crippen molar-refractivity contribution < 1.29 is 4.79 Å². The minimum Gasteiger partial charge on any atom is -0.346 e. The molecule has 0 unspecified atom stereocenters. The van der Waals surface area contributed by atoms with Crippen molar-refractivity contribution in [3.63, 3.8) is 0 Å². The van der Waals surface area contributed by atoms with Crippen LogP contribution in [-0.4, -0.2) is 20.9 Å². The van der Waals surface area contributed by atoms with E-state index < -0.39 is 0 Å². The number of nitrogens with one attached hydrogen (secondary N) is 2. The molecule has 0 atom stereocenters. The van der Waals surface area contributed by atoms with E-state index in [9.17, 15) is 4.79 Å². The molecule has 0 radical (unpaired) electrons. The van der Waals surface area contributed by atoms with Gasteiger partial charge in [-0.2, -0.15) is 4.98 Å². The summed E-state index contributed by atoms with van der Waals surface area (Å²) in [6, 6.07) is 0. The zero-order chi connectivity index (χ0) is 11.7. The molecule has 0 aliphatic heterocycles. The van der Waals surface area contributed by atoms with Crippen LogP contribution in [0.25, 0.3) is 11.0 Å². The molecule has 2 aromatic rings.